The Labute approximate surface area is 99.1 Å². The number of piperidine rings is 1. The molecular weight excluding hydrogens is 218 g/mol. The Morgan fingerprint density at radius 2 is 2.19 bits per heavy atom. The maximum atomic E-state index is 4.67. The van der Waals surface area contributed by atoms with Crippen molar-refractivity contribution in [3.8, 4) is 11.3 Å². The van der Waals surface area contributed by atoms with Gasteiger partial charge in [-0.2, -0.15) is 16.4 Å². The van der Waals surface area contributed by atoms with Crippen molar-refractivity contribution in [2.24, 2.45) is 0 Å². The third-order valence-electron chi connectivity index (χ3n) is 3.11. The summed E-state index contributed by atoms with van der Waals surface area (Å²) < 4.78 is 2.13. The van der Waals surface area contributed by atoms with Crippen LogP contribution in [-0.2, 0) is 0 Å². The molecule has 1 aliphatic heterocycles. The predicted molar refractivity (Wildman–Crippen MR) is 66.7 cm³/mol. The molecule has 0 amide bonds. The maximum Gasteiger partial charge on any atom is 0.0931 e. The summed E-state index contributed by atoms with van der Waals surface area (Å²) in [7, 11) is 0. The summed E-state index contributed by atoms with van der Waals surface area (Å²) in [6, 6.07) is 4.82. The molecule has 4 heteroatoms. The van der Waals surface area contributed by atoms with Crippen molar-refractivity contribution in [2.75, 3.05) is 13.1 Å². The van der Waals surface area contributed by atoms with Gasteiger partial charge in [-0.25, -0.2) is 0 Å². The van der Waals surface area contributed by atoms with Crippen LogP contribution in [0.4, 0.5) is 0 Å². The Morgan fingerprint density at radius 3 is 2.94 bits per heavy atom. The van der Waals surface area contributed by atoms with Crippen LogP contribution in [0.5, 0.6) is 0 Å². The molecule has 0 aliphatic carbocycles. The Bertz CT molecular complexity index is 441. The molecule has 3 nitrogen and oxygen atoms in total. The molecule has 16 heavy (non-hydrogen) atoms. The van der Waals surface area contributed by atoms with Crippen LogP contribution < -0.4 is 5.32 Å². The SMILES string of the molecule is c1cc(-c2ccn(C3CCNCC3)n2)cs1. The van der Waals surface area contributed by atoms with Gasteiger partial charge in [-0.15, -0.1) is 0 Å². The molecule has 84 valence electrons. The summed E-state index contributed by atoms with van der Waals surface area (Å²) in [5, 5.41) is 12.3. The van der Waals surface area contributed by atoms with Gasteiger partial charge in [0, 0.05) is 17.1 Å². The van der Waals surface area contributed by atoms with E-state index < -0.39 is 0 Å². The van der Waals surface area contributed by atoms with Gasteiger partial charge >= 0.3 is 0 Å². The Morgan fingerprint density at radius 1 is 1.31 bits per heavy atom. The van der Waals surface area contributed by atoms with Gasteiger partial charge < -0.3 is 5.32 Å². The van der Waals surface area contributed by atoms with Gasteiger partial charge in [-0.3, -0.25) is 4.68 Å². The predicted octanol–water partition coefficient (Wildman–Crippen LogP) is 2.54. The van der Waals surface area contributed by atoms with Gasteiger partial charge in [0.1, 0.15) is 0 Å². The van der Waals surface area contributed by atoms with Crippen molar-refractivity contribution < 1.29 is 0 Å². The zero-order valence-corrected chi connectivity index (χ0v) is 9.91. The lowest BCUT2D eigenvalue weighted by atomic mass is 10.1. The van der Waals surface area contributed by atoms with Crippen molar-refractivity contribution >= 4 is 11.3 Å². The molecule has 2 aromatic heterocycles. The first kappa shape index (κ1) is 10.1. The smallest absolute Gasteiger partial charge is 0.0931 e. The Balaban J connectivity index is 1.82. The summed E-state index contributed by atoms with van der Waals surface area (Å²) in [6.45, 7) is 2.22. The second kappa shape index (κ2) is 4.39. The number of aromatic nitrogens is 2. The molecule has 0 aromatic carbocycles. The second-order valence-corrected chi connectivity index (χ2v) is 4.95. The standard InChI is InChI=1S/C12H15N3S/c1-5-13-6-2-11(1)15-7-3-12(14-15)10-4-8-16-9-10/h3-4,7-9,11,13H,1-2,5-6H2. The summed E-state index contributed by atoms with van der Waals surface area (Å²) in [6.07, 6.45) is 4.48. The van der Waals surface area contributed by atoms with Crippen molar-refractivity contribution in [1.29, 1.82) is 0 Å². The monoisotopic (exact) mass is 233 g/mol. The van der Waals surface area contributed by atoms with E-state index in [0.29, 0.717) is 6.04 Å². The summed E-state index contributed by atoms with van der Waals surface area (Å²) in [5.41, 5.74) is 2.33. The van der Waals surface area contributed by atoms with Crippen LogP contribution in [0.3, 0.4) is 0 Å². The van der Waals surface area contributed by atoms with Gasteiger partial charge in [-0.1, -0.05) is 0 Å². The van der Waals surface area contributed by atoms with Crippen LogP contribution in [-0.4, -0.2) is 22.9 Å². The summed E-state index contributed by atoms with van der Waals surface area (Å²) in [4.78, 5) is 0. The number of hydrogen-bond donors (Lipinski definition) is 1. The van der Waals surface area contributed by atoms with E-state index in [2.05, 4.69) is 44.2 Å². The number of nitrogens with one attached hydrogen (secondary N) is 1. The zero-order chi connectivity index (χ0) is 10.8. The minimum absolute atomic E-state index is 0.577. The average Bonchev–Trinajstić information content (AvgIpc) is 3.01. The fourth-order valence-electron chi connectivity index (χ4n) is 2.18. The van der Waals surface area contributed by atoms with E-state index in [1.54, 1.807) is 11.3 Å². The molecule has 3 rings (SSSR count). The molecule has 0 saturated carbocycles. The molecule has 0 bridgehead atoms. The number of thiophene rings is 1. The van der Waals surface area contributed by atoms with E-state index in [4.69, 9.17) is 0 Å². The molecule has 0 atom stereocenters. The van der Waals surface area contributed by atoms with Crippen LogP contribution in [0.2, 0.25) is 0 Å². The molecule has 1 fully saturated rings. The van der Waals surface area contributed by atoms with Crippen molar-refractivity contribution in [3.05, 3.63) is 29.1 Å². The number of rotatable bonds is 2. The van der Waals surface area contributed by atoms with Gasteiger partial charge in [-0.05, 0) is 43.4 Å². The maximum absolute atomic E-state index is 4.67. The topological polar surface area (TPSA) is 29.9 Å². The van der Waals surface area contributed by atoms with Crippen LogP contribution in [0.15, 0.2) is 29.1 Å². The average molecular weight is 233 g/mol. The van der Waals surface area contributed by atoms with Crippen LogP contribution in [0.25, 0.3) is 11.3 Å². The highest BCUT2D eigenvalue weighted by molar-refractivity contribution is 7.08. The molecule has 2 aromatic rings. The van der Waals surface area contributed by atoms with E-state index in [1.807, 2.05) is 0 Å². The van der Waals surface area contributed by atoms with E-state index >= 15 is 0 Å². The van der Waals surface area contributed by atoms with Crippen molar-refractivity contribution in [2.45, 2.75) is 18.9 Å². The number of nitrogens with zero attached hydrogens (tertiary/aromatic N) is 2. The molecule has 0 spiro atoms. The van der Waals surface area contributed by atoms with Crippen LogP contribution in [0.1, 0.15) is 18.9 Å². The first-order chi connectivity index (χ1) is 7.93. The first-order valence-electron chi connectivity index (χ1n) is 5.72. The fourth-order valence-corrected chi connectivity index (χ4v) is 2.83. The van der Waals surface area contributed by atoms with Crippen molar-refractivity contribution in [3.63, 3.8) is 0 Å². The second-order valence-electron chi connectivity index (χ2n) is 4.17. The van der Waals surface area contributed by atoms with Crippen LogP contribution >= 0.6 is 11.3 Å². The normalized spacial score (nSPS) is 17.8. The molecular formula is C12H15N3S. The molecule has 1 N–H and O–H groups in total. The van der Waals surface area contributed by atoms with Crippen molar-refractivity contribution in [1.82, 2.24) is 15.1 Å². The van der Waals surface area contributed by atoms with Gasteiger partial charge in [0.05, 0.1) is 11.7 Å². The third kappa shape index (κ3) is 1.90. The fraction of sp³-hybridized carbons (Fsp3) is 0.417. The minimum Gasteiger partial charge on any atom is -0.317 e. The Kier molecular flexibility index (Phi) is 2.76. The van der Waals surface area contributed by atoms with E-state index in [-0.39, 0.29) is 0 Å². The largest absolute Gasteiger partial charge is 0.317 e. The van der Waals surface area contributed by atoms with Gasteiger partial charge in [0.2, 0.25) is 0 Å². The highest BCUT2D eigenvalue weighted by Gasteiger charge is 2.15. The molecule has 3 heterocycles. The van der Waals surface area contributed by atoms with E-state index in [1.165, 1.54) is 18.4 Å². The van der Waals surface area contributed by atoms with E-state index in [9.17, 15) is 0 Å². The van der Waals surface area contributed by atoms with Gasteiger partial charge in [0.15, 0.2) is 0 Å². The first-order valence-corrected chi connectivity index (χ1v) is 6.66. The quantitative estimate of drug-likeness (QED) is 0.864. The summed E-state index contributed by atoms with van der Waals surface area (Å²) >= 11 is 1.72. The third-order valence-corrected chi connectivity index (χ3v) is 3.79. The lowest BCUT2D eigenvalue weighted by Crippen LogP contribution is -2.29. The molecule has 1 aliphatic rings. The van der Waals surface area contributed by atoms with Gasteiger partial charge in [0.25, 0.3) is 0 Å². The summed E-state index contributed by atoms with van der Waals surface area (Å²) in [5.74, 6) is 0. The van der Waals surface area contributed by atoms with E-state index in [0.717, 1.165) is 18.8 Å². The minimum atomic E-state index is 0.577. The molecule has 1 saturated heterocycles. The lowest BCUT2D eigenvalue weighted by molar-refractivity contribution is 0.343. The highest BCUT2D eigenvalue weighted by atomic mass is 32.1. The molecule has 0 radical (unpaired) electrons. The number of hydrogen-bond acceptors (Lipinski definition) is 3. The van der Waals surface area contributed by atoms with Crippen LogP contribution in [0, 0.1) is 0 Å². The highest BCUT2D eigenvalue weighted by Crippen LogP contribution is 2.23. The molecule has 0 unspecified atom stereocenters. The lowest BCUT2D eigenvalue weighted by Gasteiger charge is -2.22. The zero-order valence-electron chi connectivity index (χ0n) is 9.10. The Hall–Kier alpha value is -1.13.